The molecule has 0 aliphatic carbocycles. The standard InChI is InChI=1S/C20H13N2.C9H16N2O.F6P.Pt/c1-2-7-15(8-3-1)18-11-6-12-19(22-18)20-13-16-9-4-5-10-17(16)14-21-20;1-2-3-4-10-5-6-11(9-10)7-8-12;1-7(2,3,4,5)6;/h1-7,9-14H;5-6,9H,2-4,7-8H2,1H3;;/q-1;-2;-1;+4. The number of fused-ring (bicyclic) bond motifs is 1. The SMILES string of the molecule is CCCCN1C=CN(CC[O-])[CH-]1.F[P-](F)(F)(F)(F)F.[Pt+4].[c-]1ccccc1-c1cccc(-c2cc3ccccc3cn2)n1. The number of unbranched alkanes of at least 4 members (excludes halogenated alkanes) is 1. The molecule has 0 saturated heterocycles. The molecule has 3 heterocycles. The van der Waals surface area contributed by atoms with Crippen LogP contribution in [0.2, 0.25) is 0 Å². The Morgan fingerprint density at radius 1 is 0.810 bits per heavy atom. The van der Waals surface area contributed by atoms with Crippen molar-refractivity contribution in [2.24, 2.45) is 0 Å². The fraction of sp³-hybridized carbons (Fsp3) is 0.207. The van der Waals surface area contributed by atoms with E-state index < -0.39 is 7.81 Å². The zero-order chi connectivity index (χ0) is 30.0. The van der Waals surface area contributed by atoms with Crippen molar-refractivity contribution in [2.45, 2.75) is 19.8 Å². The molecule has 1 aliphatic rings. The van der Waals surface area contributed by atoms with Crippen LogP contribution in [0.15, 0.2) is 91.4 Å². The van der Waals surface area contributed by atoms with Gasteiger partial charge in [-0.2, -0.15) is 6.67 Å². The second-order valence-corrected chi connectivity index (χ2v) is 10.9. The van der Waals surface area contributed by atoms with E-state index >= 15 is 0 Å². The Labute approximate surface area is 255 Å². The molecule has 228 valence electrons. The van der Waals surface area contributed by atoms with Crippen LogP contribution in [0.4, 0.5) is 25.2 Å². The fourth-order valence-electron chi connectivity index (χ4n) is 3.65. The van der Waals surface area contributed by atoms with E-state index in [0.717, 1.165) is 34.6 Å². The number of rotatable bonds is 7. The number of hydrogen-bond donors (Lipinski definition) is 0. The summed E-state index contributed by atoms with van der Waals surface area (Å²) in [5.41, 5.74) is 3.66. The van der Waals surface area contributed by atoms with Gasteiger partial charge in [0.2, 0.25) is 0 Å². The van der Waals surface area contributed by atoms with Crippen molar-refractivity contribution < 1.29 is 51.4 Å². The molecule has 0 bridgehead atoms. The first-order valence-electron chi connectivity index (χ1n) is 12.7. The molecule has 0 fully saturated rings. The maximum absolute atomic E-state index is 10.7. The Bertz CT molecular complexity index is 1430. The van der Waals surface area contributed by atoms with E-state index in [1.165, 1.54) is 18.2 Å². The van der Waals surface area contributed by atoms with Gasteiger partial charge in [0, 0.05) is 11.6 Å². The van der Waals surface area contributed by atoms with Gasteiger partial charge in [0.25, 0.3) is 0 Å². The third-order valence-corrected chi connectivity index (χ3v) is 5.49. The molecule has 0 radical (unpaired) electrons. The van der Waals surface area contributed by atoms with Crippen LogP contribution in [-0.4, -0.2) is 39.5 Å². The van der Waals surface area contributed by atoms with Crippen LogP contribution < -0.4 is 5.11 Å². The van der Waals surface area contributed by atoms with Crippen LogP contribution in [0.25, 0.3) is 33.4 Å². The molecule has 0 spiro atoms. The molecule has 0 amide bonds. The van der Waals surface area contributed by atoms with Gasteiger partial charge >= 0.3 is 54.1 Å². The summed E-state index contributed by atoms with van der Waals surface area (Å²) in [5, 5.41) is 12.6. The summed E-state index contributed by atoms with van der Waals surface area (Å²) in [7, 11) is -10.7. The van der Waals surface area contributed by atoms with E-state index in [-0.39, 0.29) is 27.7 Å². The zero-order valence-electron chi connectivity index (χ0n) is 22.5. The van der Waals surface area contributed by atoms with Crippen molar-refractivity contribution in [3.8, 4) is 22.6 Å². The van der Waals surface area contributed by atoms with Crippen LogP contribution in [0.1, 0.15) is 19.8 Å². The molecule has 1 aliphatic heterocycles. The summed E-state index contributed by atoms with van der Waals surface area (Å²) in [5.74, 6) is 0. The van der Waals surface area contributed by atoms with E-state index in [2.05, 4.69) is 41.1 Å². The number of pyridine rings is 2. The molecule has 0 N–H and O–H groups in total. The topological polar surface area (TPSA) is 55.3 Å². The summed E-state index contributed by atoms with van der Waals surface area (Å²) in [4.78, 5) is 13.3. The van der Waals surface area contributed by atoms with Crippen LogP contribution in [-0.2, 0) is 21.1 Å². The van der Waals surface area contributed by atoms with E-state index in [0.29, 0.717) is 6.54 Å². The molecule has 2 aromatic carbocycles. The van der Waals surface area contributed by atoms with Crippen molar-refractivity contribution in [3.05, 3.63) is 104 Å². The molecule has 0 saturated carbocycles. The number of nitrogens with zero attached hydrogens (tertiary/aromatic N) is 4. The van der Waals surface area contributed by atoms with Crippen LogP contribution in [0.5, 0.6) is 0 Å². The van der Waals surface area contributed by atoms with E-state index in [1.54, 1.807) is 0 Å². The monoisotopic (exact) mass is 789 g/mol. The molecule has 0 unspecified atom stereocenters. The van der Waals surface area contributed by atoms with Gasteiger partial charge in [-0.1, -0.05) is 49.7 Å². The molecule has 5 rings (SSSR count). The van der Waals surface area contributed by atoms with Gasteiger partial charge in [-0.15, -0.1) is 42.5 Å². The van der Waals surface area contributed by atoms with Crippen molar-refractivity contribution in [3.63, 3.8) is 0 Å². The van der Waals surface area contributed by atoms with Gasteiger partial charge in [0.1, 0.15) is 0 Å². The van der Waals surface area contributed by atoms with Crippen molar-refractivity contribution in [2.75, 3.05) is 19.7 Å². The molecule has 4 aromatic rings. The Kier molecular flexibility index (Phi) is 12.1. The summed E-state index contributed by atoms with van der Waals surface area (Å²) < 4.78 is 59.2. The predicted molar refractivity (Wildman–Crippen MR) is 149 cm³/mol. The maximum Gasteiger partial charge on any atom is 4.00 e. The van der Waals surface area contributed by atoms with Gasteiger partial charge in [0.05, 0.1) is 11.4 Å². The first-order valence-corrected chi connectivity index (χ1v) is 14.7. The molecule has 13 heteroatoms. The fourth-order valence-corrected chi connectivity index (χ4v) is 3.65. The average molecular weight is 790 g/mol. The number of benzene rings is 2. The Morgan fingerprint density at radius 3 is 2.05 bits per heavy atom. The Morgan fingerprint density at radius 2 is 1.43 bits per heavy atom. The minimum atomic E-state index is -10.7. The quantitative estimate of drug-likeness (QED) is 0.107. The summed E-state index contributed by atoms with van der Waals surface area (Å²) in [6.07, 6.45) is 8.28. The molecule has 5 nitrogen and oxygen atoms in total. The largest absolute Gasteiger partial charge is 4.00 e. The van der Waals surface area contributed by atoms with Gasteiger partial charge < -0.3 is 14.9 Å². The van der Waals surface area contributed by atoms with Gasteiger partial charge in [0.15, 0.2) is 0 Å². The normalized spacial score (nSPS) is 14.1. The van der Waals surface area contributed by atoms with Gasteiger partial charge in [-0.05, 0) is 55.1 Å². The van der Waals surface area contributed by atoms with Crippen molar-refractivity contribution in [1.29, 1.82) is 0 Å². The molecule has 0 atom stereocenters. The van der Waals surface area contributed by atoms with Gasteiger partial charge in [-0.25, -0.2) is 0 Å². The van der Waals surface area contributed by atoms with E-state index in [1.807, 2.05) is 84.8 Å². The Hall–Kier alpha value is -3.00. The number of aromatic nitrogens is 2. The Balaban J connectivity index is 0.000000261. The minimum absolute atomic E-state index is 0. The number of halogens is 6. The maximum atomic E-state index is 10.3. The summed E-state index contributed by atoms with van der Waals surface area (Å²) in [6, 6.07) is 27.4. The second-order valence-electron chi connectivity index (χ2n) is 9.01. The first-order chi connectivity index (χ1) is 19.2. The summed E-state index contributed by atoms with van der Waals surface area (Å²) >= 11 is 0. The van der Waals surface area contributed by atoms with Crippen molar-refractivity contribution in [1.82, 2.24) is 19.8 Å². The average Bonchev–Trinajstić information content (AvgIpc) is 3.38. The molecule has 42 heavy (non-hydrogen) atoms. The first kappa shape index (κ1) is 35.2. The third-order valence-electron chi connectivity index (χ3n) is 5.49. The van der Waals surface area contributed by atoms with Gasteiger partial charge in [-0.3, -0.25) is 9.97 Å². The second kappa shape index (κ2) is 14.4. The van der Waals surface area contributed by atoms with E-state index in [4.69, 9.17) is 4.98 Å². The van der Waals surface area contributed by atoms with Crippen LogP contribution in [0, 0.1) is 12.7 Å². The molecular formula is C29H29F6N4OPPt. The van der Waals surface area contributed by atoms with Crippen LogP contribution in [0.3, 0.4) is 0 Å². The minimum Gasteiger partial charge on any atom is -0.295 e. The predicted octanol–water partition coefficient (Wildman–Crippen LogP) is 8.50. The van der Waals surface area contributed by atoms with Crippen molar-refractivity contribution >= 4 is 18.6 Å². The molecular weight excluding hydrogens is 760 g/mol. The third kappa shape index (κ3) is 13.8. The van der Waals surface area contributed by atoms with Crippen LogP contribution >= 0.6 is 7.81 Å². The van der Waals surface area contributed by atoms with E-state index in [9.17, 15) is 30.3 Å². The number of hydrogen-bond acceptors (Lipinski definition) is 5. The zero-order valence-corrected chi connectivity index (χ0v) is 25.7. The summed E-state index contributed by atoms with van der Waals surface area (Å²) in [6.45, 7) is 5.77. The smallest absolute Gasteiger partial charge is 0.295 e. The molecule has 2 aromatic heterocycles.